The van der Waals surface area contributed by atoms with E-state index in [0.29, 0.717) is 12.2 Å². The van der Waals surface area contributed by atoms with Crippen molar-refractivity contribution in [1.82, 2.24) is 28.7 Å². The van der Waals surface area contributed by atoms with Gasteiger partial charge in [0.25, 0.3) is 40.1 Å². The van der Waals surface area contributed by atoms with Crippen molar-refractivity contribution in [2.75, 3.05) is 45.4 Å². The van der Waals surface area contributed by atoms with Crippen molar-refractivity contribution in [3.63, 3.8) is 0 Å². The molecule has 91 heavy (non-hydrogen) atoms. The number of ether oxygens (including phenoxy) is 3. The molecule has 0 bridgehead atoms. The third-order valence-electron chi connectivity index (χ3n) is 14.9. The zero-order valence-corrected chi connectivity index (χ0v) is 59.2. The van der Waals surface area contributed by atoms with Crippen LogP contribution in [0, 0.1) is 20.8 Å². The number of thiol groups is 1. The Bertz CT molecular complexity index is 3470. The van der Waals surface area contributed by atoms with Gasteiger partial charge in [-0.1, -0.05) is 69.2 Å². The highest BCUT2D eigenvalue weighted by molar-refractivity contribution is 7.80. The average Bonchev–Trinajstić information content (AvgIpc) is 1.62. The summed E-state index contributed by atoms with van der Waals surface area (Å²) in [6.45, 7) is 20.0. The predicted octanol–water partition coefficient (Wildman–Crippen LogP) is 2.19. The Balaban J connectivity index is 0.00000744. The summed E-state index contributed by atoms with van der Waals surface area (Å²) in [5.74, 6) is 0.411. The van der Waals surface area contributed by atoms with Crippen LogP contribution < -0.4 is 58.2 Å². The molecule has 3 aromatic heterocycles. The quantitative estimate of drug-likeness (QED) is 0.0288. The van der Waals surface area contributed by atoms with E-state index in [1.807, 2.05) is 74.2 Å². The zero-order valence-electron chi connectivity index (χ0n) is 52.7. The lowest BCUT2D eigenvalue weighted by molar-refractivity contribution is -0.343. The molecule has 0 aliphatic carbocycles. The number of H-pyrrole nitrogens is 3. The van der Waals surface area contributed by atoms with Crippen LogP contribution in [0.1, 0.15) is 137 Å². The Labute approximate surface area is 531 Å². The minimum Gasteiger partial charge on any atom is -0.790 e. The summed E-state index contributed by atoms with van der Waals surface area (Å²) in [6, 6.07) is 0. The van der Waals surface area contributed by atoms with Gasteiger partial charge in [0.2, 0.25) is 0 Å². The van der Waals surface area contributed by atoms with E-state index in [2.05, 4.69) is 27.1 Å². The summed E-state index contributed by atoms with van der Waals surface area (Å²) in [5, 5.41) is 0. The highest BCUT2D eigenvalue weighted by atomic mass is 32.1. The van der Waals surface area contributed by atoms with Gasteiger partial charge in [-0.25, -0.2) is 14.4 Å². The van der Waals surface area contributed by atoms with Gasteiger partial charge < -0.3 is 87.9 Å². The summed E-state index contributed by atoms with van der Waals surface area (Å²) in [5.41, 5.74) is -6.15. The van der Waals surface area contributed by atoms with Crippen LogP contribution in [0.3, 0.4) is 0 Å². The molecule has 6 heterocycles. The van der Waals surface area contributed by atoms with E-state index in [1.54, 1.807) is 0 Å². The maximum Gasteiger partial charge on any atom is 0.335 e. The van der Waals surface area contributed by atoms with Crippen molar-refractivity contribution in [3.05, 3.63) is 97.8 Å². The molecule has 0 amide bonds. The Hall–Kier alpha value is -2.98. The van der Waals surface area contributed by atoms with Crippen LogP contribution in [-0.2, 0) is 77.1 Å². The Morgan fingerprint density at radius 1 is 0.516 bits per heavy atom. The molecule has 34 nitrogen and oxygen atoms in total. The molecule has 3 aliphatic heterocycles. The molecule has 0 aromatic carbocycles. The molecule has 3 N–H and O–H groups in total. The summed E-state index contributed by atoms with van der Waals surface area (Å²) < 4.78 is 130. The molecule has 3 aliphatic rings. The van der Waals surface area contributed by atoms with Gasteiger partial charge in [0.05, 0.1) is 59.2 Å². The van der Waals surface area contributed by atoms with Crippen molar-refractivity contribution < 1.29 is 102 Å². The molecule has 520 valence electrons. The zero-order chi connectivity index (χ0) is 68.4. The largest absolute Gasteiger partial charge is 0.790 e. The van der Waals surface area contributed by atoms with Crippen LogP contribution in [0.5, 0.6) is 0 Å². The van der Waals surface area contributed by atoms with E-state index in [-0.39, 0.29) is 71.5 Å². The summed E-state index contributed by atoms with van der Waals surface area (Å²) in [7, 11) is -28.9. The maximum atomic E-state index is 14.2. The first-order valence-electron chi connectivity index (χ1n) is 29.4. The lowest BCUT2D eigenvalue weighted by atomic mass is 10.2. The second-order valence-corrected chi connectivity index (χ2v) is 37.3. The number of rotatable bonds is 34. The van der Waals surface area contributed by atoms with Crippen LogP contribution >= 0.6 is 43.9 Å². The summed E-state index contributed by atoms with van der Waals surface area (Å²) >= 11 is 4.06. The third-order valence-corrected chi connectivity index (χ3v) is 29.0. The van der Waals surface area contributed by atoms with Crippen molar-refractivity contribution in [2.24, 2.45) is 0 Å². The summed E-state index contributed by atoms with van der Waals surface area (Å²) in [4.78, 5) is 146. The molecule has 12 unspecified atom stereocenters. The molecule has 3 aromatic rings. The highest BCUT2D eigenvalue weighted by Gasteiger charge is 2.58. The van der Waals surface area contributed by atoms with Gasteiger partial charge in [-0.05, 0) is 61.5 Å². The van der Waals surface area contributed by atoms with Crippen LogP contribution in [0.2, 0.25) is 22.2 Å². The van der Waals surface area contributed by atoms with Crippen molar-refractivity contribution in [3.8, 4) is 0 Å². The van der Waals surface area contributed by atoms with Crippen molar-refractivity contribution in [2.45, 2.75) is 200 Å². The lowest BCUT2D eigenvalue weighted by Gasteiger charge is -2.49. The third kappa shape index (κ3) is 21.3. The van der Waals surface area contributed by atoms with Gasteiger partial charge in [-0.15, -0.1) is 0 Å². The number of phosphoric ester groups is 4. The second kappa shape index (κ2) is 33.3. The molecule has 41 heteroatoms. The van der Waals surface area contributed by atoms with Crippen LogP contribution in [0.25, 0.3) is 0 Å². The molecule has 3 saturated heterocycles. The fourth-order valence-corrected chi connectivity index (χ4v) is 24.8. The second-order valence-electron chi connectivity index (χ2n) is 22.8. The van der Waals surface area contributed by atoms with Crippen LogP contribution in [0.15, 0.2) is 47.4 Å². The number of hydrogen-bond donors (Lipinski definition) is 4. The first-order valence-corrected chi connectivity index (χ1v) is 39.8. The molecule has 0 spiro atoms. The highest BCUT2D eigenvalue weighted by Crippen LogP contribution is 2.51. The minimum atomic E-state index is -5.70. The smallest absolute Gasteiger partial charge is 0.335 e. The Morgan fingerprint density at radius 2 is 0.857 bits per heavy atom. The lowest BCUT2D eigenvalue weighted by Crippen LogP contribution is -2.62. The van der Waals surface area contributed by atoms with E-state index in [4.69, 9.17) is 54.3 Å². The van der Waals surface area contributed by atoms with Crippen molar-refractivity contribution in [1.29, 1.82) is 0 Å². The SMILES string of the molecule is CC.Cc1cn(C2CC(O[Si](O[Si](OCCCOP(=O)([O-])OCCCS)(C(C)C)C(C)C)(C(C)C)C(C)C)C(COP(=O)([O-])OC3CC(n4cc(C)c(=O)[nH]c4=O)OC3COP(=O)([O-])OC3CC(n4cc(C)c(=O)[nH]c4=O)OC3COP(=O)([O-])[O-])O2)c(=O)[nH]c1=O. The average molecular weight is 1430 g/mol. The van der Waals surface area contributed by atoms with Gasteiger partial charge >= 0.3 is 34.2 Å². The van der Waals surface area contributed by atoms with Gasteiger partial charge in [0, 0.05) is 61.2 Å². The molecule has 0 radical (unpaired) electrons. The number of aromatic nitrogens is 6. The maximum absolute atomic E-state index is 14.2. The molecule has 3 fully saturated rings. The van der Waals surface area contributed by atoms with Crippen molar-refractivity contribution >= 4 is 61.0 Å². The Kier molecular flexibility index (Phi) is 28.8. The van der Waals surface area contributed by atoms with E-state index >= 15 is 0 Å². The molecule has 12 atom stereocenters. The predicted molar refractivity (Wildman–Crippen MR) is 322 cm³/mol. The topological polar surface area (TPSA) is 468 Å². The number of phosphoric acid groups is 4. The number of aromatic amines is 3. The molecular weight excluding hydrogens is 1340 g/mol. The van der Waals surface area contributed by atoms with Crippen LogP contribution in [0.4, 0.5) is 0 Å². The fourth-order valence-electron chi connectivity index (χ4n) is 10.4. The van der Waals surface area contributed by atoms with E-state index < -0.39 is 170 Å². The number of nitrogens with one attached hydrogen (secondary N) is 3. The first kappa shape index (κ1) is 78.7. The van der Waals surface area contributed by atoms with Gasteiger partial charge in [0.1, 0.15) is 37.0 Å². The number of nitrogens with zero attached hydrogens (tertiary/aromatic N) is 3. The molecular formula is C50H83N6O28P4SSi2-5. The van der Waals surface area contributed by atoms with Gasteiger partial charge in [-0.2, -0.15) is 12.6 Å². The summed E-state index contributed by atoms with van der Waals surface area (Å²) in [6.07, 6.45) is -10.8. The fraction of sp³-hybridized carbons (Fsp3) is 0.760. The Morgan fingerprint density at radius 3 is 1.21 bits per heavy atom. The van der Waals surface area contributed by atoms with Gasteiger partial charge in [-0.3, -0.25) is 56.7 Å². The number of aryl methyl sites for hydroxylation is 3. The first-order chi connectivity index (χ1) is 42.3. The minimum absolute atomic E-state index is 0.0102. The van der Waals surface area contributed by atoms with Gasteiger partial charge in [0.15, 0.2) is 0 Å². The molecule has 6 rings (SSSR count). The van der Waals surface area contributed by atoms with Crippen LogP contribution in [-0.4, -0.2) is 128 Å². The van der Waals surface area contributed by atoms with E-state index in [9.17, 15) is 71.5 Å². The normalized spacial score (nSPS) is 24.5. The monoisotopic (exact) mass is 1430 g/mol. The van der Waals surface area contributed by atoms with E-state index in [0.717, 1.165) is 26.1 Å². The molecule has 0 saturated carbocycles. The number of hydrogen-bond acceptors (Lipinski definition) is 29. The standard InChI is InChI=1S/C48H82N6O28P4SSi2.C2H6/c1-27(2)88(28(3)4,75-16-12-14-70-84(64,65)71-15-13-17-87)82-89(29(5)6,30(7)8)81-36-20-42(54-23-33(11)45(57)51-48(54)60)78-39(36)26-74-86(68,69)80-35-19-41(53-22-32(10)44(56)50-47(53)59)77-38(35)25-73-85(66,67)79-34-18-40(76-37(34)24-72-83(61,62)63)52-21-31(9)43(55)49-46(52)58;1-2/h21-23,27-30,34-42,87H,12-20,24-26H2,1-11H3,(H,64,65)(H,66,67)(H,68,69)(H,49,55,58)(H,50,56,59)(H,51,57,60)(H2,61,62,63);1-2H3/p-5. The van der Waals surface area contributed by atoms with E-state index in [1.165, 1.54) is 27.0 Å².